The first-order valence-electron chi connectivity index (χ1n) is 4.36. The number of aryl methyl sites for hydroxylation is 2. The summed E-state index contributed by atoms with van der Waals surface area (Å²) in [6.07, 6.45) is 2.75. The van der Waals surface area contributed by atoms with Crippen molar-refractivity contribution in [3.8, 4) is 0 Å². The predicted molar refractivity (Wildman–Crippen MR) is 48.0 cm³/mol. The van der Waals surface area contributed by atoms with E-state index in [0.717, 1.165) is 41.9 Å². The molecule has 0 saturated heterocycles. The zero-order valence-corrected chi connectivity index (χ0v) is 7.49. The Bertz CT molecular complexity index is 360. The fraction of sp³-hybridized carbons (Fsp3) is 0.444. The summed E-state index contributed by atoms with van der Waals surface area (Å²) >= 11 is 0. The van der Waals surface area contributed by atoms with E-state index in [1.54, 1.807) is 0 Å². The first kappa shape index (κ1) is 8.16. The largest absolute Gasteiger partial charge is 0.411 e. The molecule has 1 aliphatic rings. The van der Waals surface area contributed by atoms with Crippen molar-refractivity contribution >= 4 is 5.71 Å². The van der Waals surface area contributed by atoms with E-state index in [9.17, 15) is 0 Å². The van der Waals surface area contributed by atoms with Crippen molar-refractivity contribution in [1.29, 1.82) is 0 Å². The third-order valence-electron chi connectivity index (χ3n) is 2.25. The summed E-state index contributed by atoms with van der Waals surface area (Å²) < 4.78 is 0. The molecule has 0 amide bonds. The Hall–Kier alpha value is -1.45. The van der Waals surface area contributed by atoms with Gasteiger partial charge in [0.2, 0.25) is 0 Å². The second kappa shape index (κ2) is 3.12. The van der Waals surface area contributed by atoms with Gasteiger partial charge in [0, 0.05) is 5.56 Å². The average Bonchev–Trinajstić information content (AvgIpc) is 2.17. The maximum absolute atomic E-state index is 8.77. The molecule has 0 unspecified atom stereocenters. The van der Waals surface area contributed by atoms with E-state index in [1.807, 2.05) is 13.0 Å². The highest BCUT2D eigenvalue weighted by molar-refractivity contribution is 6.01. The van der Waals surface area contributed by atoms with Gasteiger partial charge < -0.3 is 5.21 Å². The molecular weight excluding hydrogens is 166 g/mol. The van der Waals surface area contributed by atoms with Gasteiger partial charge in [0.05, 0.1) is 17.1 Å². The Kier molecular flexibility index (Phi) is 1.96. The highest BCUT2D eigenvalue weighted by atomic mass is 16.4. The van der Waals surface area contributed by atoms with Gasteiger partial charge >= 0.3 is 0 Å². The molecular formula is C9H11N3O. The van der Waals surface area contributed by atoms with Gasteiger partial charge in [-0.3, -0.25) is 0 Å². The summed E-state index contributed by atoms with van der Waals surface area (Å²) in [6.45, 7) is 1.89. The van der Waals surface area contributed by atoms with E-state index in [4.69, 9.17) is 5.21 Å². The lowest BCUT2D eigenvalue weighted by Gasteiger charge is -2.14. The second-order valence-electron chi connectivity index (χ2n) is 3.25. The lowest BCUT2D eigenvalue weighted by molar-refractivity contribution is 0.317. The summed E-state index contributed by atoms with van der Waals surface area (Å²) in [5, 5.41) is 20.1. The van der Waals surface area contributed by atoms with Crippen LogP contribution < -0.4 is 0 Å². The fourth-order valence-electron chi connectivity index (χ4n) is 1.61. The monoisotopic (exact) mass is 177 g/mol. The number of hydrogen-bond donors (Lipinski definition) is 1. The molecule has 4 nitrogen and oxygen atoms in total. The van der Waals surface area contributed by atoms with Crippen LogP contribution in [0, 0.1) is 6.92 Å². The van der Waals surface area contributed by atoms with E-state index in [1.165, 1.54) is 0 Å². The molecule has 0 saturated carbocycles. The number of oxime groups is 1. The molecule has 68 valence electrons. The van der Waals surface area contributed by atoms with Crippen LogP contribution in [0.15, 0.2) is 11.2 Å². The molecule has 1 heterocycles. The van der Waals surface area contributed by atoms with Crippen molar-refractivity contribution in [3.05, 3.63) is 23.0 Å². The van der Waals surface area contributed by atoms with Crippen molar-refractivity contribution in [1.82, 2.24) is 10.2 Å². The van der Waals surface area contributed by atoms with Gasteiger partial charge in [-0.25, -0.2) is 0 Å². The summed E-state index contributed by atoms with van der Waals surface area (Å²) in [6, 6.07) is 1.93. The molecule has 0 radical (unpaired) electrons. The summed E-state index contributed by atoms with van der Waals surface area (Å²) in [5.74, 6) is 0. The molecule has 0 spiro atoms. The molecule has 4 heteroatoms. The highest BCUT2D eigenvalue weighted by Crippen LogP contribution is 2.19. The third-order valence-corrected chi connectivity index (χ3v) is 2.25. The van der Waals surface area contributed by atoms with Gasteiger partial charge in [0.1, 0.15) is 0 Å². The van der Waals surface area contributed by atoms with Crippen LogP contribution in [-0.2, 0) is 6.42 Å². The minimum atomic E-state index is 0.735. The van der Waals surface area contributed by atoms with Crippen LogP contribution >= 0.6 is 0 Å². The Morgan fingerprint density at radius 2 is 2.23 bits per heavy atom. The van der Waals surface area contributed by atoms with Crippen LogP contribution in [-0.4, -0.2) is 21.1 Å². The van der Waals surface area contributed by atoms with Crippen molar-refractivity contribution in [2.24, 2.45) is 5.16 Å². The van der Waals surface area contributed by atoms with Crippen LogP contribution in [0.2, 0.25) is 0 Å². The lowest BCUT2D eigenvalue weighted by atomic mass is 9.94. The number of fused-ring (bicyclic) bond motifs is 1. The number of nitrogens with zero attached hydrogens (tertiary/aromatic N) is 3. The topological polar surface area (TPSA) is 58.4 Å². The van der Waals surface area contributed by atoms with Crippen molar-refractivity contribution in [3.63, 3.8) is 0 Å². The van der Waals surface area contributed by atoms with Crippen LogP contribution in [0.4, 0.5) is 0 Å². The maximum Gasteiger partial charge on any atom is 0.0887 e. The SMILES string of the molecule is Cc1cc2c(nn1)CCC/C2=N/O. The normalized spacial score (nSPS) is 18.7. The number of aromatic nitrogens is 2. The van der Waals surface area contributed by atoms with Crippen molar-refractivity contribution < 1.29 is 5.21 Å². The Balaban J connectivity index is 2.54. The molecule has 1 N–H and O–H groups in total. The van der Waals surface area contributed by atoms with E-state index in [2.05, 4.69) is 15.4 Å². The van der Waals surface area contributed by atoms with Gasteiger partial charge in [-0.1, -0.05) is 5.16 Å². The lowest BCUT2D eigenvalue weighted by Crippen LogP contribution is -2.14. The molecule has 0 aromatic carbocycles. The average molecular weight is 177 g/mol. The van der Waals surface area contributed by atoms with Gasteiger partial charge in [-0.2, -0.15) is 10.2 Å². The smallest absolute Gasteiger partial charge is 0.0887 e. The van der Waals surface area contributed by atoms with Gasteiger partial charge in [0.15, 0.2) is 0 Å². The van der Waals surface area contributed by atoms with Crippen molar-refractivity contribution in [2.75, 3.05) is 0 Å². The molecule has 1 aliphatic carbocycles. The van der Waals surface area contributed by atoms with Crippen LogP contribution in [0.25, 0.3) is 0 Å². The highest BCUT2D eigenvalue weighted by Gasteiger charge is 2.17. The molecule has 0 fully saturated rings. The van der Waals surface area contributed by atoms with Crippen LogP contribution in [0.3, 0.4) is 0 Å². The molecule has 1 aromatic rings. The Morgan fingerprint density at radius 1 is 1.38 bits per heavy atom. The van der Waals surface area contributed by atoms with E-state index < -0.39 is 0 Å². The zero-order valence-electron chi connectivity index (χ0n) is 7.49. The molecule has 0 atom stereocenters. The summed E-state index contributed by atoms with van der Waals surface area (Å²) in [4.78, 5) is 0. The van der Waals surface area contributed by atoms with Crippen LogP contribution in [0.1, 0.15) is 29.8 Å². The maximum atomic E-state index is 8.77. The Morgan fingerprint density at radius 3 is 3.00 bits per heavy atom. The molecule has 13 heavy (non-hydrogen) atoms. The standard InChI is InChI=1S/C9H11N3O/c1-6-5-7-8(11-10-6)3-2-4-9(7)12-13/h5,13H,2-4H2,1H3/b12-9-. The van der Waals surface area contributed by atoms with Crippen molar-refractivity contribution in [2.45, 2.75) is 26.2 Å². The number of rotatable bonds is 0. The van der Waals surface area contributed by atoms with E-state index in [0.29, 0.717) is 0 Å². The molecule has 1 aromatic heterocycles. The molecule has 2 rings (SSSR count). The van der Waals surface area contributed by atoms with Gasteiger partial charge in [0.25, 0.3) is 0 Å². The molecule has 0 aliphatic heterocycles. The van der Waals surface area contributed by atoms with E-state index in [-0.39, 0.29) is 0 Å². The number of hydrogen-bond acceptors (Lipinski definition) is 4. The minimum absolute atomic E-state index is 0.735. The van der Waals surface area contributed by atoms with Crippen LogP contribution in [0.5, 0.6) is 0 Å². The molecule has 0 bridgehead atoms. The second-order valence-corrected chi connectivity index (χ2v) is 3.25. The first-order chi connectivity index (χ1) is 6.31. The predicted octanol–water partition coefficient (Wildman–Crippen LogP) is 1.30. The fourth-order valence-corrected chi connectivity index (χ4v) is 1.61. The minimum Gasteiger partial charge on any atom is -0.411 e. The van der Waals surface area contributed by atoms with Gasteiger partial charge in [-0.15, -0.1) is 0 Å². The summed E-state index contributed by atoms with van der Waals surface area (Å²) in [7, 11) is 0. The quantitative estimate of drug-likeness (QED) is 0.480. The van der Waals surface area contributed by atoms with Gasteiger partial charge in [-0.05, 0) is 32.3 Å². The Labute approximate surface area is 76.3 Å². The third kappa shape index (κ3) is 1.39. The first-order valence-corrected chi connectivity index (χ1v) is 4.36. The zero-order chi connectivity index (χ0) is 9.26. The van der Waals surface area contributed by atoms with E-state index >= 15 is 0 Å². The summed E-state index contributed by atoms with van der Waals surface area (Å²) in [5.41, 5.74) is 3.51.